The maximum Gasteiger partial charge on any atom is 0.320 e. The van der Waals surface area contributed by atoms with E-state index >= 15 is 0 Å². The van der Waals surface area contributed by atoms with Gasteiger partial charge in [-0.15, -0.1) is 0 Å². The Morgan fingerprint density at radius 3 is 2.35 bits per heavy atom. The van der Waals surface area contributed by atoms with Crippen LogP contribution in [-0.4, -0.2) is 71.9 Å². The molecule has 164 valence electrons. The fourth-order valence-electron chi connectivity index (χ4n) is 4.59. The molecule has 2 heterocycles. The van der Waals surface area contributed by atoms with Crippen LogP contribution in [0, 0.1) is 13.8 Å². The van der Waals surface area contributed by atoms with Crippen molar-refractivity contribution in [1.29, 1.82) is 0 Å². The molecule has 0 spiro atoms. The molecule has 31 heavy (non-hydrogen) atoms. The first-order valence-electron chi connectivity index (χ1n) is 11.1. The third-order valence-corrected chi connectivity index (χ3v) is 6.28. The third-order valence-electron chi connectivity index (χ3n) is 6.28. The lowest BCUT2D eigenvalue weighted by Crippen LogP contribution is -2.55. The van der Waals surface area contributed by atoms with E-state index in [2.05, 4.69) is 62.1 Å². The molecular weight excluding hydrogens is 388 g/mol. The molecule has 0 aliphatic carbocycles. The van der Waals surface area contributed by atoms with Gasteiger partial charge < -0.3 is 19.6 Å². The lowest BCUT2D eigenvalue weighted by Gasteiger charge is -2.41. The maximum atomic E-state index is 12.9. The van der Waals surface area contributed by atoms with E-state index in [0.29, 0.717) is 32.7 Å². The zero-order valence-corrected chi connectivity index (χ0v) is 18.8. The summed E-state index contributed by atoms with van der Waals surface area (Å²) >= 11 is 0. The second-order valence-corrected chi connectivity index (χ2v) is 8.84. The summed E-state index contributed by atoms with van der Waals surface area (Å²) in [5.41, 5.74) is 4.77. The smallest absolute Gasteiger partial charge is 0.320 e. The number of carbonyl (C=O) groups excluding carboxylic acids is 2. The van der Waals surface area contributed by atoms with Crippen LogP contribution in [0.15, 0.2) is 48.5 Å². The van der Waals surface area contributed by atoms with Crippen molar-refractivity contribution in [3.05, 3.63) is 65.2 Å². The fraction of sp³-hybridized carbons (Fsp3) is 0.440. The highest BCUT2D eigenvalue weighted by Crippen LogP contribution is 2.22. The molecule has 2 saturated heterocycles. The van der Waals surface area contributed by atoms with E-state index in [-0.39, 0.29) is 24.5 Å². The number of hydrogen-bond acceptors (Lipinski definition) is 3. The van der Waals surface area contributed by atoms with Gasteiger partial charge in [-0.3, -0.25) is 4.79 Å². The van der Waals surface area contributed by atoms with Crippen LogP contribution >= 0.6 is 0 Å². The molecule has 2 fully saturated rings. The number of rotatable bonds is 5. The Labute approximate surface area is 185 Å². The number of piperazine rings is 1. The van der Waals surface area contributed by atoms with E-state index in [0.717, 1.165) is 12.1 Å². The number of amides is 3. The minimum absolute atomic E-state index is 0.0405. The number of benzene rings is 2. The van der Waals surface area contributed by atoms with Crippen LogP contribution in [0.5, 0.6) is 0 Å². The lowest BCUT2D eigenvalue weighted by atomic mass is 10.1. The molecule has 2 aromatic rings. The molecule has 0 unspecified atom stereocenters. The Hall–Kier alpha value is -3.02. The summed E-state index contributed by atoms with van der Waals surface area (Å²) in [5, 5.41) is 0. The topological polar surface area (TPSA) is 47.1 Å². The maximum absolute atomic E-state index is 12.9. The molecule has 6 nitrogen and oxygen atoms in total. The van der Waals surface area contributed by atoms with Crippen LogP contribution in [0.3, 0.4) is 0 Å². The number of carbonyl (C=O) groups is 2. The van der Waals surface area contributed by atoms with Crippen LogP contribution < -0.4 is 4.90 Å². The highest BCUT2D eigenvalue weighted by molar-refractivity contribution is 5.85. The first kappa shape index (κ1) is 21.2. The van der Waals surface area contributed by atoms with Gasteiger partial charge in [0.05, 0.1) is 0 Å². The molecule has 2 aliphatic rings. The van der Waals surface area contributed by atoms with E-state index in [1.165, 1.54) is 16.8 Å². The van der Waals surface area contributed by atoms with Crippen LogP contribution in [0.25, 0.3) is 0 Å². The van der Waals surface area contributed by atoms with Gasteiger partial charge in [0.1, 0.15) is 6.54 Å². The van der Waals surface area contributed by atoms with Crippen molar-refractivity contribution in [3.63, 3.8) is 0 Å². The summed E-state index contributed by atoms with van der Waals surface area (Å²) in [7, 11) is 0. The molecule has 4 rings (SSSR count). The molecule has 6 heteroatoms. The van der Waals surface area contributed by atoms with Gasteiger partial charge in [-0.2, -0.15) is 0 Å². The number of anilines is 1. The summed E-state index contributed by atoms with van der Waals surface area (Å²) in [6.45, 7) is 10.5. The van der Waals surface area contributed by atoms with Gasteiger partial charge in [-0.05, 0) is 44.0 Å². The Balaban J connectivity index is 1.31. The summed E-state index contributed by atoms with van der Waals surface area (Å²) < 4.78 is 0. The van der Waals surface area contributed by atoms with E-state index in [9.17, 15) is 9.59 Å². The van der Waals surface area contributed by atoms with E-state index in [1.54, 1.807) is 4.90 Å². The summed E-state index contributed by atoms with van der Waals surface area (Å²) in [6.07, 6.45) is 0. The average Bonchev–Trinajstić information content (AvgIpc) is 3.07. The van der Waals surface area contributed by atoms with Crippen molar-refractivity contribution in [3.8, 4) is 0 Å². The highest BCUT2D eigenvalue weighted by atomic mass is 16.2. The predicted molar refractivity (Wildman–Crippen MR) is 123 cm³/mol. The molecule has 0 bridgehead atoms. The van der Waals surface area contributed by atoms with Crippen molar-refractivity contribution < 1.29 is 9.59 Å². The summed E-state index contributed by atoms with van der Waals surface area (Å²) in [6, 6.07) is 16.9. The number of aryl methyl sites for hydroxylation is 2. The Kier molecular flexibility index (Phi) is 6.16. The van der Waals surface area contributed by atoms with E-state index in [4.69, 9.17) is 0 Å². The van der Waals surface area contributed by atoms with Crippen molar-refractivity contribution in [2.24, 2.45) is 0 Å². The summed E-state index contributed by atoms with van der Waals surface area (Å²) in [4.78, 5) is 33.6. The predicted octanol–water partition coefficient (Wildman–Crippen LogP) is 3.28. The van der Waals surface area contributed by atoms with Crippen LogP contribution in [0.2, 0.25) is 0 Å². The number of urea groups is 1. The monoisotopic (exact) mass is 420 g/mol. The molecule has 0 aromatic heterocycles. The molecule has 1 atom stereocenters. The van der Waals surface area contributed by atoms with Gasteiger partial charge in [0.2, 0.25) is 5.91 Å². The van der Waals surface area contributed by atoms with Gasteiger partial charge in [-0.25, -0.2) is 4.79 Å². The zero-order chi connectivity index (χ0) is 22.0. The summed E-state index contributed by atoms with van der Waals surface area (Å²) in [5.74, 6) is 0.0431. The molecule has 3 amide bonds. The zero-order valence-electron chi connectivity index (χ0n) is 18.8. The second-order valence-electron chi connectivity index (χ2n) is 8.84. The van der Waals surface area contributed by atoms with Gasteiger partial charge in [0.25, 0.3) is 0 Å². The van der Waals surface area contributed by atoms with Crippen molar-refractivity contribution in [2.75, 3.05) is 44.2 Å². The largest absolute Gasteiger partial charge is 0.365 e. The molecule has 2 aliphatic heterocycles. The lowest BCUT2D eigenvalue weighted by molar-refractivity contribution is -0.132. The van der Waals surface area contributed by atoms with Crippen molar-refractivity contribution in [2.45, 2.75) is 33.4 Å². The Morgan fingerprint density at radius 2 is 1.65 bits per heavy atom. The quantitative estimate of drug-likeness (QED) is 0.746. The fourth-order valence-corrected chi connectivity index (χ4v) is 4.59. The molecule has 0 N–H and O–H groups in total. The van der Waals surface area contributed by atoms with Crippen LogP contribution in [0.1, 0.15) is 23.6 Å². The average molecular weight is 421 g/mol. The SMILES string of the molecule is Cc1cccc(CN2CCN(CC(=O)N3CCN(c4cccc(C)c4)[C@@H](C)C3)C2=O)c1. The first-order valence-corrected chi connectivity index (χ1v) is 11.1. The van der Waals surface area contributed by atoms with Gasteiger partial charge in [-0.1, -0.05) is 42.0 Å². The number of hydrogen-bond donors (Lipinski definition) is 0. The Bertz CT molecular complexity index is 960. The van der Waals surface area contributed by atoms with Gasteiger partial charge in [0.15, 0.2) is 0 Å². The van der Waals surface area contributed by atoms with E-state index < -0.39 is 0 Å². The van der Waals surface area contributed by atoms with Crippen LogP contribution in [0.4, 0.5) is 10.5 Å². The highest BCUT2D eigenvalue weighted by Gasteiger charge is 2.33. The third kappa shape index (κ3) is 4.84. The molecule has 2 aromatic carbocycles. The minimum atomic E-state index is -0.0405. The van der Waals surface area contributed by atoms with Crippen LogP contribution in [-0.2, 0) is 11.3 Å². The number of nitrogens with zero attached hydrogens (tertiary/aromatic N) is 4. The van der Waals surface area contributed by atoms with Gasteiger partial charge >= 0.3 is 6.03 Å². The van der Waals surface area contributed by atoms with Crippen molar-refractivity contribution >= 4 is 17.6 Å². The molecule has 0 saturated carbocycles. The molecular formula is C25H32N4O2. The Morgan fingerprint density at radius 1 is 0.935 bits per heavy atom. The first-order chi connectivity index (χ1) is 14.9. The molecule has 0 radical (unpaired) electrons. The second kappa shape index (κ2) is 9.00. The van der Waals surface area contributed by atoms with Gasteiger partial charge in [0, 0.05) is 51.0 Å². The normalized spacial score (nSPS) is 19.3. The standard InChI is InChI=1S/C25H32N4O2/c1-19-6-4-8-22(14-19)17-27-10-11-28(25(27)31)18-24(30)26-12-13-29(21(3)16-26)23-9-5-7-20(2)15-23/h4-9,14-15,21H,10-13,16-18H2,1-3H3/t21-/m0/s1. The minimum Gasteiger partial charge on any atom is -0.365 e. The van der Waals surface area contributed by atoms with Crippen molar-refractivity contribution in [1.82, 2.24) is 14.7 Å². The van der Waals surface area contributed by atoms with E-state index in [1.807, 2.05) is 21.9 Å².